The smallest absolute Gasteiger partial charge is 0.0172 e. The van der Waals surface area contributed by atoms with E-state index in [2.05, 4.69) is 86.8 Å². The Bertz CT molecular complexity index is 883. The molecular formula is C26H26. The zero-order valence-electron chi connectivity index (χ0n) is 15.5. The van der Waals surface area contributed by atoms with E-state index in [1.54, 1.807) is 0 Å². The molecule has 0 heterocycles. The molecule has 130 valence electrons. The molecule has 0 fully saturated rings. The third kappa shape index (κ3) is 4.21. The molecule has 0 nitrogen and oxygen atoms in total. The van der Waals surface area contributed by atoms with Gasteiger partial charge in [0, 0.05) is 0 Å². The van der Waals surface area contributed by atoms with Gasteiger partial charge in [0.2, 0.25) is 0 Å². The Hall–Kier alpha value is -2.86. The van der Waals surface area contributed by atoms with Crippen molar-refractivity contribution in [2.45, 2.75) is 26.2 Å². The highest BCUT2D eigenvalue weighted by Crippen LogP contribution is 2.31. The highest BCUT2D eigenvalue weighted by atomic mass is 14.1. The van der Waals surface area contributed by atoms with Crippen molar-refractivity contribution < 1.29 is 0 Å². The minimum absolute atomic E-state index is 0.948. The van der Waals surface area contributed by atoms with Gasteiger partial charge in [-0.2, -0.15) is 0 Å². The third-order valence-corrected chi connectivity index (χ3v) is 4.76. The van der Waals surface area contributed by atoms with Crippen LogP contribution in [0.25, 0.3) is 27.8 Å². The summed E-state index contributed by atoms with van der Waals surface area (Å²) in [5.74, 6) is 0. The van der Waals surface area contributed by atoms with E-state index in [1.807, 2.05) is 12.1 Å². The highest BCUT2D eigenvalue weighted by Gasteiger charge is 2.07. The van der Waals surface area contributed by atoms with Crippen LogP contribution in [-0.2, 0) is 6.42 Å². The van der Waals surface area contributed by atoms with Gasteiger partial charge in [-0.1, -0.05) is 87.2 Å². The Labute approximate surface area is 157 Å². The molecule has 3 aromatic carbocycles. The van der Waals surface area contributed by atoms with E-state index in [0.29, 0.717) is 0 Å². The molecule has 0 atom stereocenters. The van der Waals surface area contributed by atoms with Gasteiger partial charge < -0.3 is 0 Å². The van der Waals surface area contributed by atoms with E-state index in [4.69, 9.17) is 0 Å². The summed E-state index contributed by atoms with van der Waals surface area (Å²) in [6, 6.07) is 26.1. The predicted molar refractivity (Wildman–Crippen MR) is 115 cm³/mol. The summed E-state index contributed by atoms with van der Waals surface area (Å²) >= 11 is 0. The summed E-state index contributed by atoms with van der Waals surface area (Å²) in [5.41, 5.74) is 8.34. The van der Waals surface area contributed by atoms with Gasteiger partial charge in [0.25, 0.3) is 0 Å². The molecule has 0 spiro atoms. The van der Waals surface area contributed by atoms with Crippen molar-refractivity contribution in [1.29, 1.82) is 0 Å². The fourth-order valence-electron chi connectivity index (χ4n) is 3.14. The number of unbranched alkanes of at least 4 members (excludes halogenated alkanes) is 1. The molecule has 0 aliphatic rings. The molecule has 0 saturated heterocycles. The average molecular weight is 338 g/mol. The maximum Gasteiger partial charge on any atom is -0.0172 e. The molecule has 26 heavy (non-hydrogen) atoms. The first-order valence-corrected chi connectivity index (χ1v) is 9.33. The lowest BCUT2D eigenvalue weighted by atomic mass is 9.93. The summed E-state index contributed by atoms with van der Waals surface area (Å²) in [5, 5.41) is 0. The van der Waals surface area contributed by atoms with Gasteiger partial charge in [-0.3, -0.25) is 0 Å². The van der Waals surface area contributed by atoms with E-state index in [1.165, 1.54) is 40.7 Å². The Balaban J connectivity index is 2.03. The number of aryl methyl sites for hydroxylation is 1. The third-order valence-electron chi connectivity index (χ3n) is 4.76. The topological polar surface area (TPSA) is 0 Å². The lowest BCUT2D eigenvalue weighted by Crippen LogP contribution is -1.88. The fraction of sp³-hybridized carbons (Fsp3) is 0.154. The zero-order chi connectivity index (χ0) is 18.4. The van der Waals surface area contributed by atoms with Gasteiger partial charge in [-0.05, 0) is 70.0 Å². The Morgan fingerprint density at radius 3 is 2.00 bits per heavy atom. The molecule has 0 bridgehead atoms. The fourth-order valence-corrected chi connectivity index (χ4v) is 3.14. The Kier molecular flexibility index (Phi) is 5.86. The van der Waals surface area contributed by atoms with Gasteiger partial charge in [-0.15, -0.1) is 0 Å². The molecule has 0 heteroatoms. The number of hydrogen-bond acceptors (Lipinski definition) is 0. The molecule has 0 N–H and O–H groups in total. The molecule has 3 rings (SSSR count). The summed E-state index contributed by atoms with van der Waals surface area (Å²) < 4.78 is 0. The van der Waals surface area contributed by atoms with E-state index in [-0.39, 0.29) is 0 Å². The minimum Gasteiger partial charge on any atom is -0.0985 e. The maximum atomic E-state index is 4.14. The van der Waals surface area contributed by atoms with Crippen LogP contribution in [-0.4, -0.2) is 0 Å². The minimum atomic E-state index is 0.948. The summed E-state index contributed by atoms with van der Waals surface area (Å²) in [6.45, 7) is 10.3. The van der Waals surface area contributed by atoms with Gasteiger partial charge >= 0.3 is 0 Å². The lowest BCUT2D eigenvalue weighted by Gasteiger charge is -2.11. The normalized spacial score (nSPS) is 10.5. The molecular weight excluding hydrogens is 312 g/mol. The number of rotatable bonds is 7. The van der Waals surface area contributed by atoms with Crippen LogP contribution in [0.3, 0.4) is 0 Å². The molecule has 0 aliphatic heterocycles. The molecule has 0 aromatic heterocycles. The maximum absolute atomic E-state index is 4.14. The quantitative estimate of drug-likeness (QED) is 0.390. The first-order chi connectivity index (χ1) is 12.7. The predicted octanol–water partition coefficient (Wildman–Crippen LogP) is 7.56. The largest absolute Gasteiger partial charge is 0.0985 e. The van der Waals surface area contributed by atoms with Crippen molar-refractivity contribution >= 4 is 5.57 Å². The van der Waals surface area contributed by atoms with Crippen LogP contribution >= 0.6 is 0 Å². The van der Waals surface area contributed by atoms with Crippen molar-refractivity contribution in [2.75, 3.05) is 0 Å². The number of hydrogen-bond donors (Lipinski definition) is 0. The van der Waals surface area contributed by atoms with Crippen LogP contribution < -0.4 is 0 Å². The van der Waals surface area contributed by atoms with Crippen LogP contribution in [0.4, 0.5) is 0 Å². The second-order valence-corrected chi connectivity index (χ2v) is 6.69. The second kappa shape index (κ2) is 8.49. The molecule has 3 aromatic rings. The Morgan fingerprint density at radius 1 is 0.808 bits per heavy atom. The average Bonchev–Trinajstić information content (AvgIpc) is 2.72. The first-order valence-electron chi connectivity index (χ1n) is 9.33. The van der Waals surface area contributed by atoms with Crippen LogP contribution in [0.2, 0.25) is 0 Å². The van der Waals surface area contributed by atoms with Gasteiger partial charge in [-0.25, -0.2) is 0 Å². The molecule has 0 amide bonds. The standard InChI is InChI=1S/C26H26/c1-4-6-10-21-13-15-23(16-14-21)26-18-24(20(3)5-2)17-25(19-26)22-11-8-7-9-12-22/h5,7-9,11-19H,2-4,6,10H2,1H3. The van der Waals surface area contributed by atoms with Crippen molar-refractivity contribution in [3.8, 4) is 22.3 Å². The number of benzene rings is 3. The van der Waals surface area contributed by atoms with Crippen LogP contribution in [0.5, 0.6) is 0 Å². The van der Waals surface area contributed by atoms with Gasteiger partial charge in [0.15, 0.2) is 0 Å². The summed E-state index contributed by atoms with van der Waals surface area (Å²) in [6.07, 6.45) is 5.45. The monoisotopic (exact) mass is 338 g/mol. The number of allylic oxidation sites excluding steroid dienone is 2. The summed E-state index contributed by atoms with van der Waals surface area (Å²) in [4.78, 5) is 0. The zero-order valence-corrected chi connectivity index (χ0v) is 15.5. The molecule has 0 aliphatic carbocycles. The summed E-state index contributed by atoms with van der Waals surface area (Å²) in [7, 11) is 0. The lowest BCUT2D eigenvalue weighted by molar-refractivity contribution is 0.795. The van der Waals surface area contributed by atoms with Crippen LogP contribution in [0, 0.1) is 0 Å². The Morgan fingerprint density at radius 2 is 1.42 bits per heavy atom. The van der Waals surface area contributed by atoms with Gasteiger partial charge in [0.1, 0.15) is 0 Å². The van der Waals surface area contributed by atoms with Crippen molar-refractivity contribution in [2.24, 2.45) is 0 Å². The van der Waals surface area contributed by atoms with E-state index in [9.17, 15) is 0 Å². The van der Waals surface area contributed by atoms with E-state index in [0.717, 1.165) is 17.6 Å². The first kappa shape index (κ1) is 17.9. The highest BCUT2D eigenvalue weighted by molar-refractivity contribution is 5.82. The van der Waals surface area contributed by atoms with Crippen molar-refractivity contribution in [3.63, 3.8) is 0 Å². The molecule has 0 saturated carbocycles. The molecule has 0 radical (unpaired) electrons. The van der Waals surface area contributed by atoms with E-state index < -0.39 is 0 Å². The molecule has 0 unspecified atom stereocenters. The SMILES string of the molecule is C=CC(=C)c1cc(-c2ccccc2)cc(-c2ccc(CCCC)cc2)c1. The van der Waals surface area contributed by atoms with Gasteiger partial charge in [0.05, 0.1) is 0 Å². The van der Waals surface area contributed by atoms with Crippen LogP contribution in [0.15, 0.2) is 92.0 Å². The second-order valence-electron chi connectivity index (χ2n) is 6.69. The van der Waals surface area contributed by atoms with Crippen molar-refractivity contribution in [1.82, 2.24) is 0 Å². The van der Waals surface area contributed by atoms with Crippen LogP contribution in [0.1, 0.15) is 30.9 Å². The van der Waals surface area contributed by atoms with Crippen molar-refractivity contribution in [3.05, 3.63) is 103 Å². The van der Waals surface area contributed by atoms with E-state index >= 15 is 0 Å².